The molecule has 0 aromatic heterocycles. The number of carbonyl (C=O) groups is 1. The highest BCUT2D eigenvalue weighted by Gasteiger charge is 1.99. The van der Waals surface area contributed by atoms with Crippen molar-refractivity contribution in [3.05, 3.63) is 0 Å². The van der Waals surface area contributed by atoms with E-state index in [1.54, 1.807) is 0 Å². The van der Waals surface area contributed by atoms with E-state index in [4.69, 9.17) is 10.00 Å². The predicted molar refractivity (Wildman–Crippen MR) is 61.8 cm³/mol. The molecule has 0 aromatic carbocycles. The van der Waals surface area contributed by atoms with Gasteiger partial charge in [-0.25, -0.2) is 0 Å². The van der Waals surface area contributed by atoms with Crippen molar-refractivity contribution in [1.29, 1.82) is 5.26 Å². The number of nitrogens with zero attached hydrogens (tertiary/aromatic N) is 1. The van der Waals surface area contributed by atoms with Crippen molar-refractivity contribution in [3.63, 3.8) is 0 Å². The Morgan fingerprint density at radius 1 is 1.44 bits per heavy atom. The summed E-state index contributed by atoms with van der Waals surface area (Å²) in [5.74, 6) is -0.160. The first-order chi connectivity index (χ1) is 7.66. The second-order valence-corrected chi connectivity index (χ2v) is 3.77. The first-order valence-corrected chi connectivity index (χ1v) is 5.61. The van der Waals surface area contributed by atoms with Crippen LogP contribution in [0.25, 0.3) is 0 Å². The maximum atomic E-state index is 11.1. The molecule has 0 atom stereocenters. The van der Waals surface area contributed by atoms with Gasteiger partial charge in [-0.2, -0.15) is 5.26 Å². The number of ether oxygens (including phenoxy) is 1. The van der Waals surface area contributed by atoms with Gasteiger partial charge in [0.1, 0.15) is 6.61 Å². The van der Waals surface area contributed by atoms with Crippen molar-refractivity contribution in [3.8, 4) is 6.07 Å². The second-order valence-electron chi connectivity index (χ2n) is 3.77. The van der Waals surface area contributed by atoms with Gasteiger partial charge in [-0.1, -0.05) is 13.8 Å². The lowest BCUT2D eigenvalue weighted by atomic mass is 10.3. The number of amides is 1. The zero-order valence-electron chi connectivity index (χ0n) is 10.1. The molecule has 0 aromatic rings. The van der Waals surface area contributed by atoms with Gasteiger partial charge in [0.05, 0.1) is 12.5 Å². The molecule has 0 rings (SSSR count). The minimum atomic E-state index is -0.160. The summed E-state index contributed by atoms with van der Waals surface area (Å²) in [7, 11) is 0. The molecule has 16 heavy (non-hydrogen) atoms. The molecule has 0 aliphatic carbocycles. The standard InChI is InChI=1S/C11H21N3O2/c1-10(2)13-7-4-8-16-9-11(15)14-6-3-5-12/h10,13H,3-4,6-9H2,1-2H3,(H,14,15). The van der Waals surface area contributed by atoms with Crippen LogP contribution in [0, 0.1) is 11.3 Å². The van der Waals surface area contributed by atoms with Crippen LogP contribution in [0.15, 0.2) is 0 Å². The first-order valence-electron chi connectivity index (χ1n) is 5.61. The smallest absolute Gasteiger partial charge is 0.246 e. The first kappa shape index (κ1) is 14.9. The lowest BCUT2D eigenvalue weighted by Crippen LogP contribution is -2.29. The third kappa shape index (κ3) is 11.0. The Kier molecular flexibility index (Phi) is 9.67. The average Bonchev–Trinajstić information content (AvgIpc) is 2.23. The summed E-state index contributed by atoms with van der Waals surface area (Å²) in [6.07, 6.45) is 1.23. The van der Waals surface area contributed by atoms with Crippen LogP contribution in [0.4, 0.5) is 0 Å². The second kappa shape index (κ2) is 10.4. The summed E-state index contributed by atoms with van der Waals surface area (Å²) in [5, 5.41) is 14.1. The summed E-state index contributed by atoms with van der Waals surface area (Å²) in [6.45, 7) is 6.12. The molecule has 0 aliphatic heterocycles. The van der Waals surface area contributed by atoms with E-state index < -0.39 is 0 Å². The molecule has 0 spiro atoms. The van der Waals surface area contributed by atoms with E-state index in [1.807, 2.05) is 6.07 Å². The van der Waals surface area contributed by atoms with Gasteiger partial charge < -0.3 is 15.4 Å². The van der Waals surface area contributed by atoms with Gasteiger partial charge in [0, 0.05) is 19.2 Å². The minimum absolute atomic E-state index is 0.0765. The Morgan fingerprint density at radius 2 is 2.19 bits per heavy atom. The predicted octanol–water partition coefficient (Wildman–Crippen LogP) is 0.421. The van der Waals surface area contributed by atoms with Crippen molar-refractivity contribution < 1.29 is 9.53 Å². The third-order valence-corrected chi connectivity index (χ3v) is 1.81. The highest BCUT2D eigenvalue weighted by atomic mass is 16.5. The summed E-state index contributed by atoms with van der Waals surface area (Å²) >= 11 is 0. The molecule has 0 fully saturated rings. The molecule has 0 saturated heterocycles. The zero-order valence-corrected chi connectivity index (χ0v) is 10.1. The van der Waals surface area contributed by atoms with E-state index in [1.165, 1.54) is 0 Å². The summed E-state index contributed by atoms with van der Waals surface area (Å²) in [5.41, 5.74) is 0. The lowest BCUT2D eigenvalue weighted by molar-refractivity contribution is -0.125. The Labute approximate surface area is 97.2 Å². The number of rotatable bonds is 9. The van der Waals surface area contributed by atoms with Crippen LogP contribution in [0.2, 0.25) is 0 Å². The van der Waals surface area contributed by atoms with Crippen LogP contribution in [-0.2, 0) is 9.53 Å². The third-order valence-electron chi connectivity index (χ3n) is 1.81. The fraction of sp³-hybridized carbons (Fsp3) is 0.818. The Bertz CT molecular complexity index is 224. The maximum Gasteiger partial charge on any atom is 0.246 e. The van der Waals surface area contributed by atoms with Gasteiger partial charge in [-0.05, 0) is 13.0 Å². The minimum Gasteiger partial charge on any atom is -0.372 e. The van der Waals surface area contributed by atoms with Gasteiger partial charge in [-0.3, -0.25) is 4.79 Å². The van der Waals surface area contributed by atoms with E-state index in [2.05, 4.69) is 24.5 Å². The fourth-order valence-corrected chi connectivity index (χ4v) is 1.04. The Balaban J connectivity index is 3.19. The summed E-state index contributed by atoms with van der Waals surface area (Å²) < 4.78 is 5.17. The molecule has 92 valence electrons. The van der Waals surface area contributed by atoms with E-state index in [0.29, 0.717) is 25.6 Å². The van der Waals surface area contributed by atoms with Crippen molar-refractivity contribution in [2.75, 3.05) is 26.3 Å². The molecule has 0 unspecified atom stereocenters. The Hall–Kier alpha value is -1.12. The highest BCUT2D eigenvalue weighted by molar-refractivity contribution is 5.77. The topological polar surface area (TPSA) is 74.2 Å². The van der Waals surface area contributed by atoms with Crippen LogP contribution < -0.4 is 10.6 Å². The summed E-state index contributed by atoms with van der Waals surface area (Å²) in [6, 6.07) is 2.43. The molecule has 1 amide bonds. The fourth-order valence-electron chi connectivity index (χ4n) is 1.04. The maximum absolute atomic E-state index is 11.1. The van der Waals surface area contributed by atoms with E-state index in [9.17, 15) is 4.79 Å². The quantitative estimate of drug-likeness (QED) is 0.560. The highest BCUT2D eigenvalue weighted by Crippen LogP contribution is 1.84. The molecule has 2 N–H and O–H groups in total. The van der Waals surface area contributed by atoms with Crippen LogP contribution in [0.1, 0.15) is 26.7 Å². The van der Waals surface area contributed by atoms with Gasteiger partial charge >= 0.3 is 0 Å². The van der Waals surface area contributed by atoms with E-state index in [-0.39, 0.29) is 12.5 Å². The van der Waals surface area contributed by atoms with Crippen LogP contribution in [0.5, 0.6) is 0 Å². The number of nitriles is 1. The van der Waals surface area contributed by atoms with Gasteiger partial charge in [0.2, 0.25) is 5.91 Å². The number of carbonyl (C=O) groups excluding carboxylic acids is 1. The molecule has 0 radical (unpaired) electrons. The number of hydrogen-bond donors (Lipinski definition) is 2. The molecule has 5 nitrogen and oxygen atoms in total. The number of hydrogen-bond acceptors (Lipinski definition) is 4. The molecule has 0 heterocycles. The Morgan fingerprint density at radius 3 is 2.81 bits per heavy atom. The van der Waals surface area contributed by atoms with Crippen molar-refractivity contribution in [1.82, 2.24) is 10.6 Å². The average molecular weight is 227 g/mol. The molecule has 0 bridgehead atoms. The molecule has 5 heteroatoms. The zero-order chi connectivity index (χ0) is 12.2. The lowest BCUT2D eigenvalue weighted by Gasteiger charge is -2.08. The van der Waals surface area contributed by atoms with Crippen LogP contribution >= 0.6 is 0 Å². The van der Waals surface area contributed by atoms with Crippen molar-refractivity contribution >= 4 is 5.91 Å². The SMILES string of the molecule is CC(C)NCCCOCC(=O)NCCC#N. The molecule has 0 saturated carbocycles. The monoisotopic (exact) mass is 227 g/mol. The van der Waals surface area contributed by atoms with Gasteiger partial charge in [0.15, 0.2) is 0 Å². The molecule has 0 aliphatic rings. The summed E-state index contributed by atoms with van der Waals surface area (Å²) in [4.78, 5) is 11.1. The normalized spacial score (nSPS) is 10.1. The number of nitrogens with one attached hydrogen (secondary N) is 2. The van der Waals surface area contributed by atoms with E-state index in [0.717, 1.165) is 13.0 Å². The van der Waals surface area contributed by atoms with E-state index >= 15 is 0 Å². The van der Waals surface area contributed by atoms with Crippen LogP contribution in [0.3, 0.4) is 0 Å². The van der Waals surface area contributed by atoms with Crippen LogP contribution in [-0.4, -0.2) is 38.3 Å². The van der Waals surface area contributed by atoms with Crippen molar-refractivity contribution in [2.24, 2.45) is 0 Å². The largest absolute Gasteiger partial charge is 0.372 e. The van der Waals surface area contributed by atoms with Gasteiger partial charge in [-0.15, -0.1) is 0 Å². The molecular weight excluding hydrogens is 206 g/mol. The van der Waals surface area contributed by atoms with Gasteiger partial charge in [0.25, 0.3) is 0 Å². The van der Waals surface area contributed by atoms with Crippen molar-refractivity contribution in [2.45, 2.75) is 32.7 Å². The molecular formula is C11H21N3O2.